The van der Waals surface area contributed by atoms with Crippen molar-refractivity contribution in [2.45, 2.75) is 25.8 Å². The molecule has 0 spiro atoms. The zero-order valence-electron chi connectivity index (χ0n) is 10.8. The molecule has 0 radical (unpaired) electrons. The van der Waals surface area contributed by atoms with Gasteiger partial charge in [-0.25, -0.2) is 8.78 Å². The highest BCUT2D eigenvalue weighted by molar-refractivity contribution is 7.09. The van der Waals surface area contributed by atoms with Crippen LogP contribution in [0.4, 0.5) is 8.78 Å². The van der Waals surface area contributed by atoms with Crippen molar-refractivity contribution in [3.8, 4) is 0 Å². The number of thiophene rings is 1. The van der Waals surface area contributed by atoms with Gasteiger partial charge in [0.1, 0.15) is 11.6 Å². The summed E-state index contributed by atoms with van der Waals surface area (Å²) in [7, 11) is 0. The molecule has 0 saturated heterocycles. The lowest BCUT2D eigenvalue weighted by molar-refractivity contribution is 0.480. The predicted molar refractivity (Wildman–Crippen MR) is 75.4 cm³/mol. The molecule has 0 bridgehead atoms. The standard InChI is InChI=1S/C15H17F2NS/c1-2-18-15(8-6-12-4-3-9-19-12)13-10-11(16)5-7-14(13)17/h3-5,7,9-10,15,18H,2,6,8H2,1H3. The first-order chi connectivity index (χ1) is 9.20. The Kier molecular flexibility index (Phi) is 5.05. The molecule has 1 atom stereocenters. The molecule has 2 aromatic rings. The Morgan fingerprint density at radius 1 is 1.26 bits per heavy atom. The van der Waals surface area contributed by atoms with Crippen molar-refractivity contribution in [2.75, 3.05) is 6.54 Å². The van der Waals surface area contributed by atoms with Crippen molar-refractivity contribution < 1.29 is 8.78 Å². The Hall–Kier alpha value is -1.26. The molecule has 1 aromatic carbocycles. The van der Waals surface area contributed by atoms with Gasteiger partial charge in [0.2, 0.25) is 0 Å². The number of hydrogen-bond acceptors (Lipinski definition) is 2. The van der Waals surface area contributed by atoms with Crippen molar-refractivity contribution >= 4 is 11.3 Å². The second-order valence-corrected chi connectivity index (χ2v) is 5.43. The van der Waals surface area contributed by atoms with E-state index in [2.05, 4.69) is 11.4 Å². The highest BCUT2D eigenvalue weighted by Gasteiger charge is 2.15. The SMILES string of the molecule is CCNC(CCc1cccs1)c1cc(F)ccc1F. The second-order valence-electron chi connectivity index (χ2n) is 4.39. The van der Waals surface area contributed by atoms with Crippen molar-refractivity contribution in [3.63, 3.8) is 0 Å². The molecular formula is C15H17F2NS. The van der Waals surface area contributed by atoms with Crippen LogP contribution in [-0.4, -0.2) is 6.54 Å². The number of rotatable bonds is 6. The quantitative estimate of drug-likeness (QED) is 0.832. The first kappa shape index (κ1) is 14.2. The number of nitrogens with one attached hydrogen (secondary N) is 1. The minimum absolute atomic E-state index is 0.150. The minimum atomic E-state index is -0.393. The maximum absolute atomic E-state index is 13.8. The van der Waals surface area contributed by atoms with Crippen LogP contribution in [0.1, 0.15) is 29.8 Å². The lowest BCUT2D eigenvalue weighted by atomic mass is 10.0. The van der Waals surface area contributed by atoms with Gasteiger partial charge in [-0.2, -0.15) is 0 Å². The highest BCUT2D eigenvalue weighted by Crippen LogP contribution is 2.24. The summed E-state index contributed by atoms with van der Waals surface area (Å²) < 4.78 is 27.1. The number of benzene rings is 1. The van der Waals surface area contributed by atoms with Crippen LogP contribution >= 0.6 is 11.3 Å². The molecule has 0 saturated carbocycles. The Balaban J connectivity index is 2.12. The van der Waals surface area contributed by atoms with Gasteiger partial charge in [-0.3, -0.25) is 0 Å². The first-order valence-corrected chi connectivity index (χ1v) is 7.29. The van der Waals surface area contributed by atoms with Crippen LogP contribution in [0, 0.1) is 11.6 Å². The lowest BCUT2D eigenvalue weighted by Crippen LogP contribution is -2.22. The molecule has 1 aromatic heterocycles. The van der Waals surface area contributed by atoms with E-state index in [1.54, 1.807) is 11.3 Å². The van der Waals surface area contributed by atoms with E-state index in [0.29, 0.717) is 5.56 Å². The minimum Gasteiger partial charge on any atom is -0.310 e. The maximum Gasteiger partial charge on any atom is 0.128 e. The molecule has 2 rings (SSSR count). The van der Waals surface area contributed by atoms with E-state index in [1.165, 1.54) is 17.0 Å². The second kappa shape index (κ2) is 6.78. The van der Waals surface area contributed by atoms with Crippen molar-refractivity contribution in [1.82, 2.24) is 5.32 Å². The van der Waals surface area contributed by atoms with Crippen LogP contribution in [0.15, 0.2) is 35.7 Å². The van der Waals surface area contributed by atoms with Gasteiger partial charge < -0.3 is 5.32 Å². The molecule has 0 aliphatic rings. The largest absolute Gasteiger partial charge is 0.310 e. The van der Waals surface area contributed by atoms with E-state index in [4.69, 9.17) is 0 Å². The Morgan fingerprint density at radius 2 is 2.11 bits per heavy atom. The molecule has 0 fully saturated rings. The van der Waals surface area contributed by atoms with Crippen LogP contribution < -0.4 is 5.32 Å². The lowest BCUT2D eigenvalue weighted by Gasteiger charge is -2.18. The highest BCUT2D eigenvalue weighted by atomic mass is 32.1. The van der Waals surface area contributed by atoms with E-state index in [-0.39, 0.29) is 11.9 Å². The summed E-state index contributed by atoms with van der Waals surface area (Å²) in [6.07, 6.45) is 1.63. The fourth-order valence-corrected chi connectivity index (χ4v) is 2.86. The summed E-state index contributed by atoms with van der Waals surface area (Å²) in [5.74, 6) is -0.742. The number of halogens is 2. The molecule has 1 heterocycles. The van der Waals surface area contributed by atoms with Crippen molar-refractivity contribution in [3.05, 3.63) is 57.8 Å². The van der Waals surface area contributed by atoms with Crippen LogP contribution in [0.3, 0.4) is 0 Å². The first-order valence-electron chi connectivity index (χ1n) is 6.41. The van der Waals surface area contributed by atoms with E-state index in [0.717, 1.165) is 25.5 Å². The van der Waals surface area contributed by atoms with Crippen LogP contribution in [0.25, 0.3) is 0 Å². The Bertz CT molecular complexity index is 511. The summed E-state index contributed by atoms with van der Waals surface area (Å²) in [5, 5.41) is 5.26. The molecule has 0 aliphatic heterocycles. The Morgan fingerprint density at radius 3 is 2.79 bits per heavy atom. The van der Waals surface area contributed by atoms with Crippen LogP contribution in [0.5, 0.6) is 0 Å². The fraction of sp³-hybridized carbons (Fsp3) is 0.333. The van der Waals surface area contributed by atoms with Gasteiger partial charge in [-0.15, -0.1) is 11.3 Å². The normalized spacial score (nSPS) is 12.6. The van der Waals surface area contributed by atoms with Gasteiger partial charge in [-0.05, 0) is 49.0 Å². The summed E-state index contributed by atoms with van der Waals surface area (Å²) in [4.78, 5) is 1.26. The third kappa shape index (κ3) is 3.85. The molecule has 1 N–H and O–H groups in total. The van der Waals surface area contributed by atoms with Gasteiger partial charge in [0, 0.05) is 16.5 Å². The van der Waals surface area contributed by atoms with E-state index in [1.807, 2.05) is 18.4 Å². The average molecular weight is 281 g/mol. The van der Waals surface area contributed by atoms with Crippen molar-refractivity contribution in [2.24, 2.45) is 0 Å². The average Bonchev–Trinajstić information content (AvgIpc) is 2.91. The van der Waals surface area contributed by atoms with Gasteiger partial charge in [0.25, 0.3) is 0 Å². The zero-order chi connectivity index (χ0) is 13.7. The predicted octanol–water partition coefficient (Wildman–Crippen LogP) is 4.31. The third-order valence-corrected chi connectivity index (χ3v) is 3.98. The van der Waals surface area contributed by atoms with E-state index in [9.17, 15) is 8.78 Å². The van der Waals surface area contributed by atoms with Gasteiger partial charge in [0.05, 0.1) is 0 Å². The summed E-state index contributed by atoms with van der Waals surface area (Å²) in [6, 6.07) is 7.56. The van der Waals surface area contributed by atoms with Crippen LogP contribution in [-0.2, 0) is 6.42 Å². The monoisotopic (exact) mass is 281 g/mol. The third-order valence-electron chi connectivity index (χ3n) is 3.04. The molecule has 19 heavy (non-hydrogen) atoms. The summed E-state index contributed by atoms with van der Waals surface area (Å²) in [6.45, 7) is 2.69. The maximum atomic E-state index is 13.8. The van der Waals surface area contributed by atoms with Gasteiger partial charge in [0.15, 0.2) is 0 Å². The molecular weight excluding hydrogens is 264 g/mol. The molecule has 102 valence electrons. The topological polar surface area (TPSA) is 12.0 Å². The molecule has 1 unspecified atom stereocenters. The number of aryl methyl sites for hydroxylation is 1. The van der Waals surface area contributed by atoms with E-state index >= 15 is 0 Å². The smallest absolute Gasteiger partial charge is 0.128 e. The zero-order valence-corrected chi connectivity index (χ0v) is 11.6. The summed E-state index contributed by atoms with van der Waals surface area (Å²) >= 11 is 1.69. The molecule has 4 heteroatoms. The fourth-order valence-electron chi connectivity index (χ4n) is 2.14. The van der Waals surface area contributed by atoms with E-state index < -0.39 is 5.82 Å². The van der Waals surface area contributed by atoms with Gasteiger partial charge in [-0.1, -0.05) is 13.0 Å². The van der Waals surface area contributed by atoms with Crippen LogP contribution in [0.2, 0.25) is 0 Å². The Labute approximate surface area is 116 Å². The summed E-state index contributed by atoms with van der Waals surface area (Å²) in [5.41, 5.74) is 0.415. The van der Waals surface area contributed by atoms with Gasteiger partial charge >= 0.3 is 0 Å². The molecule has 1 nitrogen and oxygen atoms in total. The number of hydrogen-bond donors (Lipinski definition) is 1. The molecule has 0 amide bonds. The van der Waals surface area contributed by atoms with Crippen molar-refractivity contribution in [1.29, 1.82) is 0 Å². The molecule has 0 aliphatic carbocycles.